The number of nitrogens with zero attached hydrogens (tertiary/aromatic N) is 2. The lowest BCUT2D eigenvalue weighted by Gasteiger charge is -2.33. The van der Waals surface area contributed by atoms with E-state index in [-0.39, 0.29) is 28.7 Å². The molecule has 0 radical (unpaired) electrons. The lowest BCUT2D eigenvalue weighted by molar-refractivity contribution is -0.123. The van der Waals surface area contributed by atoms with Crippen molar-refractivity contribution >= 4 is 11.8 Å². The van der Waals surface area contributed by atoms with E-state index in [1.165, 1.54) is 6.07 Å². The summed E-state index contributed by atoms with van der Waals surface area (Å²) in [7, 11) is 0. The van der Waals surface area contributed by atoms with Crippen molar-refractivity contribution in [1.82, 2.24) is 15.2 Å². The highest BCUT2D eigenvalue weighted by molar-refractivity contribution is 5.94. The predicted molar refractivity (Wildman–Crippen MR) is 103 cm³/mol. The maximum absolute atomic E-state index is 13.4. The molecule has 1 atom stereocenters. The third-order valence-corrected chi connectivity index (χ3v) is 6.11. The van der Waals surface area contributed by atoms with Crippen molar-refractivity contribution in [3.05, 3.63) is 65.0 Å². The van der Waals surface area contributed by atoms with Crippen molar-refractivity contribution < 1.29 is 18.4 Å². The summed E-state index contributed by atoms with van der Waals surface area (Å²) in [5, 5.41) is 2.97. The number of likely N-dealkylation sites (tertiary alicyclic amines) is 1. The number of pyridine rings is 1. The molecule has 1 saturated carbocycles. The Labute approximate surface area is 168 Å². The van der Waals surface area contributed by atoms with Crippen LogP contribution >= 0.6 is 0 Å². The molecule has 2 heterocycles. The molecule has 4 rings (SSSR count). The molecule has 2 aromatic rings. The van der Waals surface area contributed by atoms with Crippen molar-refractivity contribution in [2.24, 2.45) is 11.3 Å². The molecule has 2 aliphatic rings. The number of rotatable bonds is 4. The van der Waals surface area contributed by atoms with E-state index >= 15 is 0 Å². The average Bonchev–Trinajstić information content (AvgIpc) is 3.41. The topological polar surface area (TPSA) is 62.3 Å². The predicted octanol–water partition coefficient (Wildman–Crippen LogP) is 3.23. The molecule has 0 bridgehead atoms. The number of aromatic nitrogens is 1. The van der Waals surface area contributed by atoms with Crippen LogP contribution in [0.2, 0.25) is 0 Å². The van der Waals surface area contributed by atoms with Crippen LogP contribution in [0.3, 0.4) is 0 Å². The van der Waals surface area contributed by atoms with Crippen molar-refractivity contribution in [3.8, 4) is 0 Å². The summed E-state index contributed by atoms with van der Waals surface area (Å²) in [5.41, 5.74) is 1.85. The Morgan fingerprint density at radius 3 is 2.62 bits per heavy atom. The minimum atomic E-state index is -1.02. The number of hydrogen-bond acceptors (Lipinski definition) is 3. The number of hydrogen-bond donors (Lipinski definition) is 1. The molecule has 5 nitrogen and oxygen atoms in total. The average molecular weight is 399 g/mol. The molecule has 2 amide bonds. The van der Waals surface area contributed by atoms with E-state index in [4.69, 9.17) is 0 Å². The smallest absolute Gasteiger partial charge is 0.253 e. The zero-order valence-electron chi connectivity index (χ0n) is 16.3. The van der Waals surface area contributed by atoms with Gasteiger partial charge in [-0.2, -0.15) is 0 Å². The van der Waals surface area contributed by atoms with E-state index in [0.717, 1.165) is 42.8 Å². The maximum atomic E-state index is 13.4. The Hall–Kier alpha value is -2.83. The van der Waals surface area contributed by atoms with Gasteiger partial charge in [-0.25, -0.2) is 8.78 Å². The quantitative estimate of drug-likeness (QED) is 0.859. The zero-order valence-corrected chi connectivity index (χ0v) is 16.3. The van der Waals surface area contributed by atoms with Gasteiger partial charge in [0, 0.05) is 30.3 Å². The highest BCUT2D eigenvalue weighted by Gasteiger charge is 2.58. The van der Waals surface area contributed by atoms with Crippen LogP contribution in [-0.2, 0) is 11.3 Å². The summed E-state index contributed by atoms with van der Waals surface area (Å²) < 4.78 is 26.5. The number of nitrogens with one attached hydrogen (secondary N) is 1. The van der Waals surface area contributed by atoms with Gasteiger partial charge in [-0.3, -0.25) is 14.6 Å². The molecule has 1 unspecified atom stereocenters. The monoisotopic (exact) mass is 399 g/mol. The fourth-order valence-corrected chi connectivity index (χ4v) is 4.24. The number of carbonyl (C=O) groups is 2. The van der Waals surface area contributed by atoms with Crippen LogP contribution in [0.15, 0.2) is 36.4 Å². The summed E-state index contributed by atoms with van der Waals surface area (Å²) in [6, 6.07) is 8.93. The van der Waals surface area contributed by atoms with Crippen LogP contribution in [0.4, 0.5) is 8.78 Å². The molecule has 2 fully saturated rings. The highest BCUT2D eigenvalue weighted by Crippen LogP contribution is 2.59. The van der Waals surface area contributed by atoms with E-state index in [9.17, 15) is 18.4 Å². The first-order valence-electron chi connectivity index (χ1n) is 9.82. The molecule has 1 N–H and O–H groups in total. The van der Waals surface area contributed by atoms with Crippen molar-refractivity contribution in [3.63, 3.8) is 0 Å². The Balaban J connectivity index is 1.30. The van der Waals surface area contributed by atoms with Crippen LogP contribution in [0, 0.1) is 29.9 Å². The van der Waals surface area contributed by atoms with Crippen molar-refractivity contribution in [1.29, 1.82) is 0 Å². The van der Waals surface area contributed by atoms with Gasteiger partial charge >= 0.3 is 0 Å². The third kappa shape index (κ3) is 3.99. The molecule has 1 saturated heterocycles. The molecule has 1 aliphatic heterocycles. The minimum absolute atomic E-state index is 0.0344. The number of amides is 2. The van der Waals surface area contributed by atoms with E-state index in [1.807, 2.05) is 25.1 Å². The molecule has 1 aromatic heterocycles. The number of carbonyl (C=O) groups excluding carboxylic acids is 2. The third-order valence-electron chi connectivity index (χ3n) is 6.11. The van der Waals surface area contributed by atoms with Crippen LogP contribution in [-0.4, -0.2) is 34.8 Å². The van der Waals surface area contributed by atoms with E-state index in [0.29, 0.717) is 19.6 Å². The highest BCUT2D eigenvalue weighted by atomic mass is 19.2. The molecule has 7 heteroatoms. The first-order valence-corrected chi connectivity index (χ1v) is 9.82. The summed E-state index contributed by atoms with van der Waals surface area (Å²) in [5.74, 6) is -2.29. The summed E-state index contributed by atoms with van der Waals surface area (Å²) in [6.45, 7) is 3.35. The molecule has 1 spiro atoms. The Morgan fingerprint density at radius 2 is 1.93 bits per heavy atom. The van der Waals surface area contributed by atoms with E-state index < -0.39 is 11.6 Å². The lowest BCUT2D eigenvalue weighted by atomic mass is 9.90. The van der Waals surface area contributed by atoms with Gasteiger partial charge in [0.2, 0.25) is 5.91 Å². The standard InChI is InChI=1S/C22H23F2N3O2/c1-14-3-2-4-16(26-14)13-25-20(28)17-12-22(17)7-9-27(10-8-22)21(29)15-5-6-18(23)19(24)11-15/h2-6,11,17H,7-10,12-13H2,1H3,(H,25,28). The fraction of sp³-hybridized carbons (Fsp3) is 0.409. The number of halogens is 2. The van der Waals surface area contributed by atoms with E-state index in [1.54, 1.807) is 4.90 Å². The maximum Gasteiger partial charge on any atom is 0.253 e. The molecule has 1 aliphatic carbocycles. The van der Waals surface area contributed by atoms with Gasteiger partial charge in [0.15, 0.2) is 11.6 Å². The van der Waals surface area contributed by atoms with Gasteiger partial charge in [0.25, 0.3) is 5.91 Å². The molecule has 1 aromatic carbocycles. The van der Waals surface area contributed by atoms with Gasteiger partial charge in [-0.1, -0.05) is 6.07 Å². The molecular formula is C22H23F2N3O2. The first-order chi connectivity index (χ1) is 13.9. The van der Waals surface area contributed by atoms with Crippen LogP contribution in [0.1, 0.15) is 41.0 Å². The number of benzene rings is 1. The normalized spacial score (nSPS) is 19.8. The second-order valence-corrected chi connectivity index (χ2v) is 8.03. The van der Waals surface area contributed by atoms with Gasteiger partial charge < -0.3 is 10.2 Å². The SMILES string of the molecule is Cc1cccc(CNC(=O)C2CC23CCN(C(=O)c2ccc(F)c(F)c2)CC3)n1. The Bertz CT molecular complexity index is 955. The van der Waals surface area contributed by atoms with Gasteiger partial charge in [0.05, 0.1) is 12.2 Å². The Kier molecular flexibility index (Phi) is 5.06. The van der Waals surface area contributed by atoms with E-state index in [2.05, 4.69) is 10.3 Å². The van der Waals surface area contributed by atoms with Gasteiger partial charge in [-0.05, 0) is 61.9 Å². The number of aryl methyl sites for hydroxylation is 1. The second kappa shape index (κ2) is 7.54. The Morgan fingerprint density at radius 1 is 1.17 bits per heavy atom. The van der Waals surface area contributed by atoms with Crippen LogP contribution in [0.25, 0.3) is 0 Å². The molecule has 152 valence electrons. The largest absolute Gasteiger partial charge is 0.350 e. The van der Waals surface area contributed by atoms with Crippen LogP contribution < -0.4 is 5.32 Å². The minimum Gasteiger partial charge on any atom is -0.350 e. The molecule has 29 heavy (non-hydrogen) atoms. The van der Waals surface area contributed by atoms with Crippen molar-refractivity contribution in [2.45, 2.75) is 32.7 Å². The fourth-order valence-electron chi connectivity index (χ4n) is 4.24. The zero-order chi connectivity index (χ0) is 20.6. The van der Waals surface area contributed by atoms with Crippen LogP contribution in [0.5, 0.6) is 0 Å². The number of piperidine rings is 1. The molecular weight excluding hydrogens is 376 g/mol. The lowest BCUT2D eigenvalue weighted by Crippen LogP contribution is -2.40. The van der Waals surface area contributed by atoms with Gasteiger partial charge in [-0.15, -0.1) is 0 Å². The first kappa shape index (κ1) is 19.5. The van der Waals surface area contributed by atoms with Crippen molar-refractivity contribution in [2.75, 3.05) is 13.1 Å². The summed E-state index contributed by atoms with van der Waals surface area (Å²) >= 11 is 0. The summed E-state index contributed by atoms with van der Waals surface area (Å²) in [4.78, 5) is 31.1. The van der Waals surface area contributed by atoms with Gasteiger partial charge in [0.1, 0.15) is 0 Å². The second-order valence-electron chi connectivity index (χ2n) is 8.03. The summed E-state index contributed by atoms with van der Waals surface area (Å²) in [6.07, 6.45) is 2.31.